The van der Waals surface area contributed by atoms with Crippen LogP contribution in [0, 0.1) is 0 Å². The Labute approximate surface area is 258 Å². The normalized spacial score (nSPS) is 20.9. The number of nitrogens with zero attached hydrogens (tertiary/aromatic N) is 5. The number of benzene rings is 2. The van der Waals surface area contributed by atoms with Crippen LogP contribution in [0.15, 0.2) is 42.5 Å². The predicted molar refractivity (Wildman–Crippen MR) is 160 cm³/mol. The number of halogens is 3. The smallest absolute Gasteiger partial charge is 0.435 e. The first kappa shape index (κ1) is 30.6. The summed E-state index contributed by atoms with van der Waals surface area (Å²) in [5, 5.41) is 7.04. The topological polar surface area (TPSA) is 100 Å². The fourth-order valence-electron chi connectivity index (χ4n) is 6.87. The van der Waals surface area contributed by atoms with Crippen LogP contribution in [-0.2, 0) is 12.6 Å². The van der Waals surface area contributed by atoms with Gasteiger partial charge in [-0.2, -0.15) is 18.3 Å². The molecule has 0 saturated carbocycles. The number of methoxy groups -OCH3 is 1. The Morgan fingerprint density at radius 2 is 1.87 bits per heavy atom. The van der Waals surface area contributed by atoms with Gasteiger partial charge in [0.2, 0.25) is 0 Å². The van der Waals surface area contributed by atoms with Gasteiger partial charge in [-0.15, -0.1) is 0 Å². The third kappa shape index (κ3) is 5.02. The van der Waals surface area contributed by atoms with Crippen molar-refractivity contribution in [2.45, 2.75) is 50.4 Å². The Hall–Kier alpha value is -4.39. The van der Waals surface area contributed by atoms with Gasteiger partial charge >= 0.3 is 6.18 Å². The van der Waals surface area contributed by atoms with Crippen molar-refractivity contribution < 1.29 is 32.3 Å². The number of carbonyl (C=O) groups is 3. The van der Waals surface area contributed by atoms with Gasteiger partial charge in [-0.1, -0.05) is 13.3 Å². The van der Waals surface area contributed by atoms with Crippen molar-refractivity contribution in [1.82, 2.24) is 24.9 Å². The lowest BCUT2D eigenvalue weighted by atomic mass is 9.67. The molecule has 6 rings (SSSR count). The van der Waals surface area contributed by atoms with Gasteiger partial charge in [-0.05, 0) is 61.7 Å². The minimum absolute atomic E-state index is 0.0186. The molecule has 0 spiro atoms. The van der Waals surface area contributed by atoms with Crippen LogP contribution < -0.4 is 15.0 Å². The highest BCUT2D eigenvalue weighted by molar-refractivity contribution is 6.08. The zero-order valence-corrected chi connectivity index (χ0v) is 25.6. The van der Waals surface area contributed by atoms with E-state index >= 15 is 0 Å². The molecule has 3 amide bonds. The molecular weight excluding hydrogens is 589 g/mol. The van der Waals surface area contributed by atoms with Crippen LogP contribution in [0.5, 0.6) is 5.75 Å². The number of carbonyl (C=O) groups excluding carboxylic acids is 3. The Kier molecular flexibility index (Phi) is 7.62. The van der Waals surface area contributed by atoms with Crippen molar-refractivity contribution in [3.05, 3.63) is 70.5 Å². The lowest BCUT2D eigenvalue weighted by Gasteiger charge is -2.66. The van der Waals surface area contributed by atoms with Crippen LogP contribution in [0.4, 0.5) is 18.9 Å². The summed E-state index contributed by atoms with van der Waals surface area (Å²) >= 11 is 0. The maximum Gasteiger partial charge on any atom is 0.435 e. The van der Waals surface area contributed by atoms with Gasteiger partial charge in [0.15, 0.2) is 5.69 Å². The van der Waals surface area contributed by atoms with E-state index in [2.05, 4.69) is 22.2 Å². The molecule has 1 N–H and O–H groups in total. The van der Waals surface area contributed by atoms with Gasteiger partial charge in [0.05, 0.1) is 24.4 Å². The number of aromatic nitrogens is 2. The molecule has 3 aliphatic rings. The molecular formula is C32H35F3N6O4. The lowest BCUT2D eigenvalue weighted by molar-refractivity contribution is -0.141. The minimum atomic E-state index is -4.83. The van der Waals surface area contributed by atoms with Crippen LogP contribution in [0.2, 0.25) is 0 Å². The summed E-state index contributed by atoms with van der Waals surface area (Å²) in [6.45, 7) is 3.76. The molecule has 2 fully saturated rings. The highest BCUT2D eigenvalue weighted by atomic mass is 19.4. The number of amides is 3. The fraction of sp³-hybridized carbons (Fsp3) is 0.438. The maximum atomic E-state index is 14.3. The van der Waals surface area contributed by atoms with E-state index in [0.717, 1.165) is 30.5 Å². The maximum absolute atomic E-state index is 14.3. The van der Waals surface area contributed by atoms with Crippen molar-refractivity contribution in [3.8, 4) is 11.4 Å². The Balaban J connectivity index is 1.40. The van der Waals surface area contributed by atoms with E-state index in [1.807, 2.05) is 0 Å². The Morgan fingerprint density at radius 1 is 1.13 bits per heavy atom. The molecule has 238 valence electrons. The number of rotatable bonds is 8. The third-order valence-corrected chi connectivity index (χ3v) is 9.28. The number of piperidine rings is 1. The standard InChI is InChI=1S/C32H35F3N6O4/c1-5-13-31-14-16-39(31)18-25(31)36-28(42)23-17-21(45-4)10-11-24(23)41-26-22(27(37-41)32(33,34)35)12-15-40(30(26)44)20-8-6-19(7-9-20)29(43)38(2)3/h6-11,17,25H,5,12-16,18H2,1-4H3,(H,36,42)/t25?,31-/m1/s1. The second-order valence-electron chi connectivity index (χ2n) is 12.0. The summed E-state index contributed by atoms with van der Waals surface area (Å²) in [5.41, 5.74) is -0.832. The van der Waals surface area contributed by atoms with Crippen molar-refractivity contribution in [3.63, 3.8) is 0 Å². The molecule has 4 heterocycles. The first-order chi connectivity index (χ1) is 21.4. The Morgan fingerprint density at radius 3 is 2.44 bits per heavy atom. The fourth-order valence-corrected chi connectivity index (χ4v) is 6.87. The summed E-state index contributed by atoms with van der Waals surface area (Å²) in [7, 11) is 4.67. The second kappa shape index (κ2) is 11.2. The zero-order valence-electron chi connectivity index (χ0n) is 25.6. The van der Waals surface area contributed by atoms with Crippen LogP contribution in [0.1, 0.15) is 68.6 Å². The molecule has 2 saturated heterocycles. The molecule has 2 atom stereocenters. The highest BCUT2D eigenvalue weighted by Gasteiger charge is 2.58. The number of alkyl halides is 3. The third-order valence-electron chi connectivity index (χ3n) is 9.28. The van der Waals surface area contributed by atoms with Gasteiger partial charge < -0.3 is 19.9 Å². The summed E-state index contributed by atoms with van der Waals surface area (Å²) in [4.78, 5) is 45.3. The molecule has 2 aromatic carbocycles. The minimum Gasteiger partial charge on any atom is -0.497 e. The van der Waals surface area contributed by atoms with Crippen molar-refractivity contribution in [1.29, 1.82) is 0 Å². The van der Waals surface area contributed by atoms with Crippen LogP contribution in [0.3, 0.4) is 0 Å². The lowest BCUT2D eigenvalue weighted by Crippen LogP contribution is -2.82. The second-order valence-corrected chi connectivity index (χ2v) is 12.0. The average molecular weight is 625 g/mol. The van der Waals surface area contributed by atoms with E-state index in [-0.39, 0.29) is 53.0 Å². The largest absolute Gasteiger partial charge is 0.497 e. The van der Waals surface area contributed by atoms with E-state index in [4.69, 9.17) is 4.74 Å². The van der Waals surface area contributed by atoms with E-state index in [0.29, 0.717) is 23.5 Å². The number of hydrogen-bond donors (Lipinski definition) is 1. The molecule has 3 aliphatic heterocycles. The van der Waals surface area contributed by atoms with Gasteiger partial charge in [-0.3, -0.25) is 19.3 Å². The SMILES string of the molecule is CCC[C@]12CCN1CC2NC(=O)c1cc(OC)ccc1-n1nc(C(F)(F)F)c2c1C(=O)N(c1ccc(C(=O)N(C)C)cc1)CC2. The molecule has 3 aromatic rings. The monoisotopic (exact) mass is 624 g/mol. The number of nitrogens with one attached hydrogen (secondary N) is 1. The zero-order chi connectivity index (χ0) is 32.3. The number of ether oxygens (including phenoxy) is 1. The Bertz CT molecular complexity index is 1670. The summed E-state index contributed by atoms with van der Waals surface area (Å²) in [6, 6.07) is 10.6. The van der Waals surface area contributed by atoms with Gasteiger partial charge in [-0.25, -0.2) is 4.68 Å². The highest BCUT2D eigenvalue weighted by Crippen LogP contribution is 2.46. The van der Waals surface area contributed by atoms with Gasteiger partial charge in [0, 0.05) is 56.1 Å². The molecule has 1 aromatic heterocycles. The molecule has 45 heavy (non-hydrogen) atoms. The van der Waals surface area contributed by atoms with Gasteiger partial charge in [0.25, 0.3) is 17.7 Å². The molecule has 0 bridgehead atoms. The molecule has 0 aliphatic carbocycles. The van der Waals surface area contributed by atoms with Crippen LogP contribution in [0.25, 0.3) is 5.69 Å². The van der Waals surface area contributed by atoms with Crippen molar-refractivity contribution >= 4 is 23.4 Å². The summed E-state index contributed by atoms with van der Waals surface area (Å²) in [6.07, 6.45) is -2.08. The summed E-state index contributed by atoms with van der Waals surface area (Å²) in [5.74, 6) is -1.06. The number of fused-ring (bicyclic) bond motifs is 2. The average Bonchev–Trinajstić information content (AvgIpc) is 3.42. The molecule has 0 radical (unpaired) electrons. The van der Waals surface area contributed by atoms with E-state index in [1.165, 1.54) is 35.1 Å². The quantitative estimate of drug-likeness (QED) is 0.404. The van der Waals surface area contributed by atoms with Crippen molar-refractivity contribution in [2.75, 3.05) is 45.7 Å². The van der Waals surface area contributed by atoms with Gasteiger partial charge in [0.1, 0.15) is 11.4 Å². The van der Waals surface area contributed by atoms with E-state index < -0.39 is 23.7 Å². The molecule has 1 unspecified atom stereocenters. The van der Waals surface area contributed by atoms with Crippen LogP contribution in [-0.4, -0.2) is 89.7 Å². The molecule has 10 nitrogen and oxygen atoms in total. The van der Waals surface area contributed by atoms with E-state index in [9.17, 15) is 27.6 Å². The number of hydrogen-bond acceptors (Lipinski definition) is 6. The first-order valence-corrected chi connectivity index (χ1v) is 15.0. The predicted octanol–water partition coefficient (Wildman–Crippen LogP) is 4.16. The summed E-state index contributed by atoms with van der Waals surface area (Å²) < 4.78 is 49.2. The van der Waals surface area contributed by atoms with E-state index in [1.54, 1.807) is 38.4 Å². The van der Waals surface area contributed by atoms with Crippen LogP contribution >= 0.6 is 0 Å². The van der Waals surface area contributed by atoms with Crippen molar-refractivity contribution in [2.24, 2.45) is 0 Å². The first-order valence-electron chi connectivity index (χ1n) is 15.0. The molecule has 13 heteroatoms. The number of anilines is 1.